The highest BCUT2D eigenvalue weighted by molar-refractivity contribution is 5.19. The van der Waals surface area contributed by atoms with Crippen molar-refractivity contribution >= 4 is 0 Å². The third-order valence-corrected chi connectivity index (χ3v) is 4.13. The first-order valence-corrected chi connectivity index (χ1v) is 7.14. The van der Waals surface area contributed by atoms with Crippen molar-refractivity contribution in [2.75, 3.05) is 6.54 Å². The Labute approximate surface area is 110 Å². The molecule has 0 aromatic heterocycles. The minimum absolute atomic E-state index is 0.160. The minimum atomic E-state index is -0.160. The minimum Gasteiger partial charge on any atom is -0.310 e. The van der Waals surface area contributed by atoms with E-state index in [1.54, 1.807) is 0 Å². The number of hydrogen-bond donors (Lipinski definition) is 1. The number of rotatable bonds is 4. The standard InChI is InChI=1S/C16H24FN/c1-12-4-3-5-14(10-12)11-18-13(2)15-6-8-16(17)9-7-15/h6-9,12-14,18H,3-5,10-11H2,1-2H3/t12?,13-,14?/m0/s1. The van der Waals surface area contributed by atoms with Crippen molar-refractivity contribution in [1.82, 2.24) is 5.32 Å². The van der Waals surface area contributed by atoms with Crippen molar-refractivity contribution < 1.29 is 4.39 Å². The Bertz CT molecular complexity index is 360. The Morgan fingerprint density at radius 1 is 1.28 bits per heavy atom. The second-order valence-corrected chi connectivity index (χ2v) is 5.82. The van der Waals surface area contributed by atoms with Crippen LogP contribution in [0.2, 0.25) is 0 Å². The summed E-state index contributed by atoms with van der Waals surface area (Å²) in [5.41, 5.74) is 1.17. The second-order valence-electron chi connectivity index (χ2n) is 5.82. The van der Waals surface area contributed by atoms with Gasteiger partial charge in [0.25, 0.3) is 0 Å². The van der Waals surface area contributed by atoms with E-state index in [0.717, 1.165) is 18.4 Å². The van der Waals surface area contributed by atoms with Crippen molar-refractivity contribution in [3.8, 4) is 0 Å². The number of hydrogen-bond acceptors (Lipinski definition) is 1. The molecular weight excluding hydrogens is 225 g/mol. The molecule has 0 bridgehead atoms. The Morgan fingerprint density at radius 2 is 2.00 bits per heavy atom. The molecule has 1 aliphatic carbocycles. The lowest BCUT2D eigenvalue weighted by atomic mass is 9.82. The fraction of sp³-hybridized carbons (Fsp3) is 0.625. The highest BCUT2D eigenvalue weighted by Crippen LogP contribution is 2.28. The first kappa shape index (κ1) is 13.5. The zero-order chi connectivity index (χ0) is 13.0. The van der Waals surface area contributed by atoms with Gasteiger partial charge >= 0.3 is 0 Å². The van der Waals surface area contributed by atoms with E-state index in [0.29, 0.717) is 6.04 Å². The van der Waals surface area contributed by atoms with Gasteiger partial charge in [0.15, 0.2) is 0 Å². The largest absolute Gasteiger partial charge is 0.310 e. The van der Waals surface area contributed by atoms with Gasteiger partial charge in [-0.2, -0.15) is 0 Å². The summed E-state index contributed by atoms with van der Waals surface area (Å²) in [5.74, 6) is 1.54. The van der Waals surface area contributed by atoms with Crippen molar-refractivity contribution in [2.24, 2.45) is 11.8 Å². The van der Waals surface area contributed by atoms with Crippen LogP contribution >= 0.6 is 0 Å². The Kier molecular flexibility index (Phi) is 4.76. The van der Waals surface area contributed by atoms with Crippen LogP contribution in [0.4, 0.5) is 4.39 Å². The highest BCUT2D eigenvalue weighted by atomic mass is 19.1. The maximum Gasteiger partial charge on any atom is 0.123 e. The maximum absolute atomic E-state index is 12.8. The van der Waals surface area contributed by atoms with Gasteiger partial charge in [-0.25, -0.2) is 4.39 Å². The first-order valence-electron chi connectivity index (χ1n) is 7.14. The molecule has 1 aromatic rings. The molecule has 3 atom stereocenters. The molecule has 1 saturated carbocycles. The zero-order valence-corrected chi connectivity index (χ0v) is 11.5. The third-order valence-electron chi connectivity index (χ3n) is 4.13. The van der Waals surface area contributed by atoms with Gasteiger partial charge in [0, 0.05) is 6.04 Å². The molecule has 1 aromatic carbocycles. The summed E-state index contributed by atoms with van der Waals surface area (Å²) < 4.78 is 12.8. The Hall–Kier alpha value is -0.890. The lowest BCUT2D eigenvalue weighted by Gasteiger charge is -2.28. The van der Waals surface area contributed by atoms with E-state index in [1.807, 2.05) is 12.1 Å². The monoisotopic (exact) mass is 249 g/mol. The van der Waals surface area contributed by atoms with Crippen LogP contribution in [-0.4, -0.2) is 6.54 Å². The smallest absolute Gasteiger partial charge is 0.123 e. The molecule has 18 heavy (non-hydrogen) atoms. The lowest BCUT2D eigenvalue weighted by Crippen LogP contribution is -2.28. The third kappa shape index (κ3) is 3.81. The van der Waals surface area contributed by atoms with E-state index in [1.165, 1.54) is 43.4 Å². The summed E-state index contributed by atoms with van der Waals surface area (Å²) in [7, 11) is 0. The average molecular weight is 249 g/mol. The number of halogens is 1. The average Bonchev–Trinajstić information content (AvgIpc) is 2.37. The summed E-state index contributed by atoms with van der Waals surface area (Å²) in [4.78, 5) is 0. The van der Waals surface area contributed by atoms with E-state index >= 15 is 0 Å². The molecular formula is C16H24FN. The van der Waals surface area contributed by atoms with E-state index in [4.69, 9.17) is 0 Å². The summed E-state index contributed by atoms with van der Waals surface area (Å²) in [6, 6.07) is 7.13. The van der Waals surface area contributed by atoms with Crippen LogP contribution in [0.25, 0.3) is 0 Å². The van der Waals surface area contributed by atoms with Crippen LogP contribution in [0.5, 0.6) is 0 Å². The van der Waals surface area contributed by atoms with E-state index in [-0.39, 0.29) is 5.82 Å². The Balaban J connectivity index is 1.80. The first-order chi connectivity index (χ1) is 8.65. The molecule has 100 valence electrons. The molecule has 1 N–H and O–H groups in total. The van der Waals surface area contributed by atoms with Gasteiger partial charge in [-0.15, -0.1) is 0 Å². The van der Waals surface area contributed by atoms with Gasteiger partial charge in [-0.3, -0.25) is 0 Å². The van der Waals surface area contributed by atoms with Crippen molar-refractivity contribution in [1.29, 1.82) is 0 Å². The van der Waals surface area contributed by atoms with Gasteiger partial charge in [0.1, 0.15) is 5.82 Å². The maximum atomic E-state index is 12.8. The second kappa shape index (κ2) is 6.33. The summed E-state index contributed by atoms with van der Waals surface area (Å²) in [6.07, 6.45) is 5.47. The fourth-order valence-corrected chi connectivity index (χ4v) is 2.96. The number of benzene rings is 1. The molecule has 0 radical (unpaired) electrons. The normalized spacial score (nSPS) is 25.9. The van der Waals surface area contributed by atoms with Gasteiger partial charge < -0.3 is 5.32 Å². The molecule has 1 aliphatic rings. The van der Waals surface area contributed by atoms with Crippen molar-refractivity contribution in [3.63, 3.8) is 0 Å². The molecule has 0 saturated heterocycles. The zero-order valence-electron chi connectivity index (χ0n) is 11.5. The van der Waals surface area contributed by atoms with E-state index in [9.17, 15) is 4.39 Å². The summed E-state index contributed by atoms with van der Waals surface area (Å²) >= 11 is 0. The molecule has 2 rings (SSSR count). The quantitative estimate of drug-likeness (QED) is 0.838. The molecule has 0 spiro atoms. The SMILES string of the molecule is CC1CCCC(CN[C@@H](C)c2ccc(F)cc2)C1. The molecule has 0 aliphatic heterocycles. The van der Waals surface area contributed by atoms with Crippen LogP contribution < -0.4 is 5.32 Å². The topological polar surface area (TPSA) is 12.0 Å². The van der Waals surface area contributed by atoms with Gasteiger partial charge in [0.2, 0.25) is 0 Å². The van der Waals surface area contributed by atoms with E-state index < -0.39 is 0 Å². The van der Waals surface area contributed by atoms with Crippen molar-refractivity contribution in [2.45, 2.75) is 45.6 Å². The van der Waals surface area contributed by atoms with Gasteiger partial charge in [0.05, 0.1) is 0 Å². The van der Waals surface area contributed by atoms with Crippen LogP contribution in [0.3, 0.4) is 0 Å². The number of nitrogens with one attached hydrogen (secondary N) is 1. The Morgan fingerprint density at radius 3 is 2.67 bits per heavy atom. The fourth-order valence-electron chi connectivity index (χ4n) is 2.96. The molecule has 2 unspecified atom stereocenters. The predicted molar refractivity (Wildman–Crippen MR) is 73.9 cm³/mol. The lowest BCUT2D eigenvalue weighted by molar-refractivity contribution is 0.268. The van der Waals surface area contributed by atoms with Gasteiger partial charge in [-0.1, -0.05) is 31.9 Å². The highest BCUT2D eigenvalue weighted by Gasteiger charge is 2.19. The van der Waals surface area contributed by atoms with Crippen LogP contribution in [0, 0.1) is 17.7 Å². The van der Waals surface area contributed by atoms with Crippen LogP contribution in [0.1, 0.15) is 51.1 Å². The molecule has 2 heteroatoms. The summed E-state index contributed by atoms with van der Waals surface area (Å²) in [6.45, 7) is 5.60. The molecule has 1 fully saturated rings. The van der Waals surface area contributed by atoms with Crippen molar-refractivity contribution in [3.05, 3.63) is 35.6 Å². The predicted octanol–water partition coefficient (Wildman–Crippen LogP) is 4.30. The molecule has 0 amide bonds. The van der Waals surface area contributed by atoms with Crippen LogP contribution in [-0.2, 0) is 0 Å². The molecule has 0 heterocycles. The van der Waals surface area contributed by atoms with E-state index in [2.05, 4.69) is 19.2 Å². The van der Waals surface area contributed by atoms with Gasteiger partial charge in [-0.05, 0) is 55.8 Å². The summed E-state index contributed by atoms with van der Waals surface area (Å²) in [5, 5.41) is 3.59. The van der Waals surface area contributed by atoms with Crippen LogP contribution in [0.15, 0.2) is 24.3 Å². The molecule has 1 nitrogen and oxygen atoms in total.